The Balaban J connectivity index is 2.04. The SMILES string of the molecule is CC(C)c1cc(NC(=O)CS(=O)(=O)c2ccccn2)on1. The van der Waals surface area contributed by atoms with Gasteiger partial charge in [0, 0.05) is 12.3 Å². The van der Waals surface area contributed by atoms with Gasteiger partial charge in [0.15, 0.2) is 5.03 Å². The Morgan fingerprint density at radius 2 is 2.14 bits per heavy atom. The molecule has 0 unspecified atom stereocenters. The minimum Gasteiger partial charge on any atom is -0.338 e. The van der Waals surface area contributed by atoms with Crippen LogP contribution in [0.1, 0.15) is 25.5 Å². The summed E-state index contributed by atoms with van der Waals surface area (Å²) in [5.41, 5.74) is 0.679. The van der Waals surface area contributed by atoms with Crippen LogP contribution in [0.5, 0.6) is 0 Å². The molecule has 0 aromatic carbocycles. The maximum Gasteiger partial charge on any atom is 0.242 e. The van der Waals surface area contributed by atoms with Crippen LogP contribution in [0.2, 0.25) is 0 Å². The lowest BCUT2D eigenvalue weighted by molar-refractivity contribution is -0.114. The first kappa shape index (κ1) is 15.2. The molecule has 0 radical (unpaired) electrons. The third kappa shape index (κ3) is 3.88. The first-order chi connectivity index (χ1) is 9.88. The summed E-state index contributed by atoms with van der Waals surface area (Å²) in [4.78, 5) is 15.5. The number of rotatable bonds is 5. The van der Waals surface area contributed by atoms with Crippen molar-refractivity contribution in [1.82, 2.24) is 10.1 Å². The van der Waals surface area contributed by atoms with E-state index in [9.17, 15) is 13.2 Å². The number of sulfone groups is 1. The molecule has 0 saturated carbocycles. The van der Waals surface area contributed by atoms with Crippen LogP contribution in [0, 0.1) is 0 Å². The molecule has 2 aromatic heterocycles. The Labute approximate surface area is 122 Å². The van der Waals surface area contributed by atoms with Gasteiger partial charge in [-0.05, 0) is 18.1 Å². The van der Waals surface area contributed by atoms with E-state index in [0.717, 1.165) is 0 Å². The molecule has 1 amide bonds. The molecule has 7 nitrogen and oxygen atoms in total. The fourth-order valence-electron chi connectivity index (χ4n) is 1.57. The molecule has 2 rings (SSSR count). The predicted octanol–water partition coefficient (Wildman–Crippen LogP) is 1.61. The molecule has 2 aromatic rings. The zero-order chi connectivity index (χ0) is 15.5. The van der Waals surface area contributed by atoms with Gasteiger partial charge in [0.05, 0.1) is 5.69 Å². The number of anilines is 1. The van der Waals surface area contributed by atoms with E-state index in [1.165, 1.54) is 12.3 Å². The van der Waals surface area contributed by atoms with Crippen molar-refractivity contribution in [3.63, 3.8) is 0 Å². The van der Waals surface area contributed by atoms with Crippen molar-refractivity contribution in [3.8, 4) is 0 Å². The van der Waals surface area contributed by atoms with Crippen LogP contribution in [0.4, 0.5) is 5.88 Å². The van der Waals surface area contributed by atoms with E-state index in [-0.39, 0.29) is 16.8 Å². The molecule has 0 fully saturated rings. The smallest absolute Gasteiger partial charge is 0.242 e. The quantitative estimate of drug-likeness (QED) is 0.900. The molecule has 0 saturated heterocycles. The second-order valence-electron chi connectivity index (χ2n) is 4.75. The molecular formula is C13H15N3O4S. The van der Waals surface area contributed by atoms with Gasteiger partial charge in [0.1, 0.15) is 5.75 Å². The van der Waals surface area contributed by atoms with Crippen molar-refractivity contribution in [1.29, 1.82) is 0 Å². The van der Waals surface area contributed by atoms with Gasteiger partial charge in [-0.3, -0.25) is 10.1 Å². The molecule has 0 aliphatic heterocycles. The molecule has 0 aliphatic carbocycles. The highest BCUT2D eigenvalue weighted by molar-refractivity contribution is 7.92. The van der Waals surface area contributed by atoms with Gasteiger partial charge in [-0.2, -0.15) is 0 Å². The molecule has 8 heteroatoms. The average molecular weight is 309 g/mol. The highest BCUT2D eigenvalue weighted by atomic mass is 32.2. The fourth-order valence-corrected chi connectivity index (χ4v) is 2.64. The zero-order valence-electron chi connectivity index (χ0n) is 11.6. The van der Waals surface area contributed by atoms with Gasteiger partial charge in [0.2, 0.25) is 21.6 Å². The van der Waals surface area contributed by atoms with Gasteiger partial charge in [-0.15, -0.1) is 0 Å². The predicted molar refractivity (Wildman–Crippen MR) is 75.5 cm³/mol. The maximum atomic E-state index is 12.0. The van der Waals surface area contributed by atoms with E-state index in [1.807, 2.05) is 13.8 Å². The van der Waals surface area contributed by atoms with Crippen molar-refractivity contribution in [2.75, 3.05) is 11.1 Å². The van der Waals surface area contributed by atoms with Gasteiger partial charge >= 0.3 is 0 Å². The Kier molecular flexibility index (Phi) is 4.37. The third-order valence-electron chi connectivity index (χ3n) is 2.66. The van der Waals surface area contributed by atoms with Crippen LogP contribution < -0.4 is 5.32 Å². The molecule has 0 bridgehead atoms. The summed E-state index contributed by atoms with van der Waals surface area (Å²) in [5.74, 6) is -1.13. The first-order valence-electron chi connectivity index (χ1n) is 6.29. The van der Waals surface area contributed by atoms with Crippen molar-refractivity contribution >= 4 is 21.6 Å². The summed E-state index contributed by atoms with van der Waals surface area (Å²) in [5, 5.41) is 6.00. The Morgan fingerprint density at radius 1 is 1.38 bits per heavy atom. The van der Waals surface area contributed by atoms with Crippen LogP contribution in [0.15, 0.2) is 40.0 Å². The lowest BCUT2D eigenvalue weighted by Gasteiger charge is -2.03. The lowest BCUT2D eigenvalue weighted by atomic mass is 10.1. The number of carbonyl (C=O) groups is 1. The topological polar surface area (TPSA) is 102 Å². The Bertz CT molecular complexity index is 723. The van der Waals surface area contributed by atoms with Gasteiger partial charge in [-0.1, -0.05) is 25.1 Å². The molecule has 2 heterocycles. The van der Waals surface area contributed by atoms with E-state index < -0.39 is 21.5 Å². The van der Waals surface area contributed by atoms with Gasteiger partial charge < -0.3 is 4.52 Å². The second-order valence-corrected chi connectivity index (χ2v) is 6.68. The summed E-state index contributed by atoms with van der Waals surface area (Å²) in [7, 11) is -3.77. The monoisotopic (exact) mass is 309 g/mol. The zero-order valence-corrected chi connectivity index (χ0v) is 12.4. The van der Waals surface area contributed by atoms with E-state index in [0.29, 0.717) is 5.69 Å². The summed E-state index contributed by atoms with van der Waals surface area (Å²) in [6.07, 6.45) is 1.36. The van der Waals surface area contributed by atoms with E-state index in [1.54, 1.807) is 18.2 Å². The second kappa shape index (κ2) is 6.04. The van der Waals surface area contributed by atoms with Gasteiger partial charge in [0.25, 0.3) is 0 Å². The number of nitrogens with one attached hydrogen (secondary N) is 1. The van der Waals surface area contributed by atoms with E-state index in [4.69, 9.17) is 4.52 Å². The number of hydrogen-bond acceptors (Lipinski definition) is 6. The number of amides is 1. The molecular weight excluding hydrogens is 294 g/mol. The number of nitrogens with zero attached hydrogens (tertiary/aromatic N) is 2. The highest BCUT2D eigenvalue weighted by Gasteiger charge is 2.21. The molecule has 21 heavy (non-hydrogen) atoms. The molecule has 0 spiro atoms. The van der Waals surface area contributed by atoms with Crippen molar-refractivity contribution < 1.29 is 17.7 Å². The number of carbonyl (C=O) groups excluding carboxylic acids is 1. The van der Waals surface area contributed by atoms with E-state index in [2.05, 4.69) is 15.5 Å². The summed E-state index contributed by atoms with van der Waals surface area (Å²) >= 11 is 0. The Hall–Kier alpha value is -2.22. The van der Waals surface area contributed by atoms with Gasteiger partial charge in [-0.25, -0.2) is 13.4 Å². The van der Waals surface area contributed by atoms with E-state index >= 15 is 0 Å². The number of hydrogen-bond donors (Lipinski definition) is 1. The highest BCUT2D eigenvalue weighted by Crippen LogP contribution is 2.17. The van der Waals surface area contributed by atoms with Crippen LogP contribution in [-0.2, 0) is 14.6 Å². The largest absolute Gasteiger partial charge is 0.338 e. The molecule has 112 valence electrons. The summed E-state index contributed by atoms with van der Waals surface area (Å²) < 4.78 is 28.9. The molecule has 1 N–H and O–H groups in total. The van der Waals surface area contributed by atoms with Crippen LogP contribution in [0.3, 0.4) is 0 Å². The average Bonchev–Trinajstić information content (AvgIpc) is 2.87. The number of aromatic nitrogens is 2. The van der Waals surface area contributed by atoms with Crippen LogP contribution >= 0.6 is 0 Å². The molecule has 0 atom stereocenters. The summed E-state index contributed by atoms with van der Waals surface area (Å²) in [6.45, 7) is 3.85. The molecule has 0 aliphatic rings. The lowest BCUT2D eigenvalue weighted by Crippen LogP contribution is -2.23. The standard InChI is InChI=1S/C13H15N3O4S/c1-9(2)10-7-12(20-16-10)15-11(17)8-21(18,19)13-5-3-4-6-14-13/h3-7,9H,8H2,1-2H3,(H,15,17). The van der Waals surface area contributed by atoms with Crippen LogP contribution in [-0.4, -0.2) is 30.2 Å². The number of pyridine rings is 1. The minimum atomic E-state index is -3.77. The van der Waals surface area contributed by atoms with Crippen molar-refractivity contribution in [2.45, 2.75) is 24.8 Å². The third-order valence-corrected chi connectivity index (χ3v) is 4.18. The first-order valence-corrected chi connectivity index (χ1v) is 7.94. The normalized spacial score (nSPS) is 11.6. The summed E-state index contributed by atoms with van der Waals surface area (Å²) in [6, 6.07) is 6.05. The fraction of sp³-hybridized carbons (Fsp3) is 0.308. The minimum absolute atomic E-state index is 0.125. The van der Waals surface area contributed by atoms with Crippen molar-refractivity contribution in [3.05, 3.63) is 36.2 Å². The maximum absolute atomic E-state index is 12.0. The Morgan fingerprint density at radius 3 is 2.71 bits per heavy atom. The van der Waals surface area contributed by atoms with Crippen LogP contribution in [0.25, 0.3) is 0 Å². The van der Waals surface area contributed by atoms with Crippen molar-refractivity contribution in [2.24, 2.45) is 0 Å².